The van der Waals surface area contributed by atoms with Crippen molar-refractivity contribution in [2.45, 2.75) is 5.75 Å². The average molecular weight is 355 g/mol. The molecular weight excluding hydrogens is 337 g/mol. The number of carbonyl (C=O) groups is 1. The molecule has 1 heterocycles. The normalized spacial score (nSPS) is 10.6. The predicted molar refractivity (Wildman–Crippen MR) is 98.9 cm³/mol. The van der Waals surface area contributed by atoms with E-state index >= 15 is 0 Å². The Hall–Kier alpha value is -2.60. The molecule has 2 N–H and O–H groups in total. The number of nitrogens with one attached hydrogen (secondary N) is 2. The maximum Gasteiger partial charge on any atom is 0.255 e. The third kappa shape index (κ3) is 4.70. The molecule has 0 radical (unpaired) electrons. The quantitative estimate of drug-likeness (QED) is 0.633. The summed E-state index contributed by atoms with van der Waals surface area (Å²) in [4.78, 5) is 12.3. The van der Waals surface area contributed by atoms with E-state index in [1.54, 1.807) is 23.9 Å². The summed E-state index contributed by atoms with van der Waals surface area (Å²) in [6.45, 7) is 0.574. The number of H-pyrrole nitrogens is 1. The number of thioether (sulfide) groups is 1. The van der Waals surface area contributed by atoms with Crippen molar-refractivity contribution in [3.8, 4) is 11.3 Å². The van der Waals surface area contributed by atoms with Crippen molar-refractivity contribution >= 4 is 17.7 Å². The fourth-order valence-electron chi connectivity index (χ4n) is 2.39. The van der Waals surface area contributed by atoms with Crippen molar-refractivity contribution in [2.24, 2.45) is 0 Å². The molecule has 0 fully saturated rings. The fourth-order valence-corrected chi connectivity index (χ4v) is 3.21. The molecule has 25 heavy (non-hydrogen) atoms. The molecule has 0 atom stereocenters. The molecule has 0 saturated heterocycles. The molecule has 0 aliphatic rings. The average Bonchev–Trinajstić information content (AvgIpc) is 3.12. The van der Waals surface area contributed by atoms with Gasteiger partial charge in [0, 0.05) is 23.6 Å². The summed E-state index contributed by atoms with van der Waals surface area (Å²) in [5.41, 5.74) is 3.05. The molecule has 0 aliphatic carbocycles. The highest BCUT2D eigenvalue weighted by molar-refractivity contribution is 7.98. The van der Waals surface area contributed by atoms with Gasteiger partial charge in [-0.25, -0.2) is 4.39 Å². The van der Waals surface area contributed by atoms with Gasteiger partial charge >= 0.3 is 0 Å². The number of nitrogens with zero attached hydrogens (tertiary/aromatic N) is 1. The van der Waals surface area contributed by atoms with Crippen LogP contribution in [0.4, 0.5) is 4.39 Å². The SMILES string of the molecule is O=C(NCCSCc1ccccc1)c1cn[nH]c1-c1ccc(F)cc1. The number of aromatic amines is 1. The molecule has 6 heteroatoms. The number of halogens is 1. The molecule has 2 aromatic carbocycles. The highest BCUT2D eigenvalue weighted by atomic mass is 32.2. The van der Waals surface area contributed by atoms with Crippen LogP contribution in [0.1, 0.15) is 15.9 Å². The van der Waals surface area contributed by atoms with E-state index in [1.165, 1.54) is 23.9 Å². The highest BCUT2D eigenvalue weighted by Gasteiger charge is 2.14. The zero-order chi connectivity index (χ0) is 17.5. The molecule has 0 spiro atoms. The molecule has 128 valence electrons. The van der Waals surface area contributed by atoms with E-state index in [0.717, 1.165) is 17.1 Å². The van der Waals surface area contributed by atoms with Crippen molar-refractivity contribution in [1.29, 1.82) is 0 Å². The molecule has 0 bridgehead atoms. The standard InChI is InChI=1S/C19H18FN3OS/c20-16-8-6-15(7-9-16)18-17(12-22-23-18)19(24)21-10-11-25-13-14-4-2-1-3-5-14/h1-9,12H,10-11,13H2,(H,21,24)(H,22,23). The van der Waals surface area contributed by atoms with Crippen LogP contribution in [0.2, 0.25) is 0 Å². The van der Waals surface area contributed by atoms with Crippen LogP contribution in [0.25, 0.3) is 11.3 Å². The highest BCUT2D eigenvalue weighted by Crippen LogP contribution is 2.21. The first-order valence-corrected chi connectivity index (χ1v) is 9.08. The molecular formula is C19H18FN3OS. The maximum absolute atomic E-state index is 13.0. The van der Waals surface area contributed by atoms with Gasteiger partial charge in [0.2, 0.25) is 0 Å². The topological polar surface area (TPSA) is 57.8 Å². The lowest BCUT2D eigenvalue weighted by molar-refractivity contribution is 0.0957. The summed E-state index contributed by atoms with van der Waals surface area (Å²) in [6, 6.07) is 16.2. The number of hydrogen-bond donors (Lipinski definition) is 2. The molecule has 0 saturated carbocycles. The van der Waals surface area contributed by atoms with Gasteiger partial charge in [-0.15, -0.1) is 0 Å². The van der Waals surface area contributed by atoms with Crippen LogP contribution < -0.4 is 5.32 Å². The minimum Gasteiger partial charge on any atom is -0.351 e. The first kappa shape index (κ1) is 17.2. The Morgan fingerprint density at radius 2 is 1.88 bits per heavy atom. The van der Waals surface area contributed by atoms with Gasteiger partial charge in [-0.05, 0) is 29.8 Å². The lowest BCUT2D eigenvalue weighted by Gasteiger charge is -2.06. The van der Waals surface area contributed by atoms with Gasteiger partial charge in [0.25, 0.3) is 5.91 Å². The van der Waals surface area contributed by atoms with Crippen molar-refractivity contribution in [1.82, 2.24) is 15.5 Å². The van der Waals surface area contributed by atoms with E-state index in [2.05, 4.69) is 27.6 Å². The summed E-state index contributed by atoms with van der Waals surface area (Å²) in [6.07, 6.45) is 1.49. The van der Waals surface area contributed by atoms with Crippen LogP contribution in [-0.2, 0) is 5.75 Å². The van der Waals surface area contributed by atoms with Gasteiger partial charge < -0.3 is 5.32 Å². The Morgan fingerprint density at radius 1 is 1.12 bits per heavy atom. The number of rotatable bonds is 7. The van der Waals surface area contributed by atoms with Crippen LogP contribution in [0.15, 0.2) is 60.8 Å². The molecule has 1 amide bonds. The fraction of sp³-hybridized carbons (Fsp3) is 0.158. The summed E-state index contributed by atoms with van der Waals surface area (Å²) in [5, 5.41) is 9.65. The first-order chi connectivity index (χ1) is 12.2. The van der Waals surface area contributed by atoms with Gasteiger partial charge in [-0.2, -0.15) is 16.9 Å². The Bertz CT molecular complexity index is 818. The van der Waals surface area contributed by atoms with Gasteiger partial charge in [0.1, 0.15) is 5.82 Å². The van der Waals surface area contributed by atoms with Crippen molar-refractivity contribution in [2.75, 3.05) is 12.3 Å². The zero-order valence-corrected chi connectivity index (χ0v) is 14.4. The predicted octanol–water partition coefficient (Wildman–Crippen LogP) is 3.88. The van der Waals surface area contributed by atoms with Gasteiger partial charge in [-0.3, -0.25) is 9.89 Å². The maximum atomic E-state index is 13.0. The lowest BCUT2D eigenvalue weighted by Crippen LogP contribution is -2.25. The van der Waals surface area contributed by atoms with Crippen molar-refractivity contribution < 1.29 is 9.18 Å². The van der Waals surface area contributed by atoms with Crippen LogP contribution in [-0.4, -0.2) is 28.4 Å². The number of amides is 1. The summed E-state index contributed by atoms with van der Waals surface area (Å²) in [5.74, 6) is 1.24. The van der Waals surface area contributed by atoms with E-state index < -0.39 is 0 Å². The minimum atomic E-state index is -0.315. The van der Waals surface area contributed by atoms with Gasteiger partial charge in [0.05, 0.1) is 17.5 Å². The molecule has 0 unspecified atom stereocenters. The Balaban J connectivity index is 1.50. The Morgan fingerprint density at radius 3 is 2.64 bits per heavy atom. The van der Waals surface area contributed by atoms with E-state index in [1.807, 2.05) is 18.2 Å². The number of aromatic nitrogens is 2. The third-order valence-electron chi connectivity index (χ3n) is 3.66. The molecule has 4 nitrogen and oxygen atoms in total. The number of carbonyl (C=O) groups excluding carboxylic acids is 1. The smallest absolute Gasteiger partial charge is 0.255 e. The second-order valence-electron chi connectivity index (χ2n) is 5.46. The van der Waals surface area contributed by atoms with Crippen LogP contribution in [0.3, 0.4) is 0 Å². The first-order valence-electron chi connectivity index (χ1n) is 7.93. The lowest BCUT2D eigenvalue weighted by atomic mass is 10.1. The third-order valence-corrected chi connectivity index (χ3v) is 4.69. The van der Waals surface area contributed by atoms with E-state index in [0.29, 0.717) is 17.8 Å². The van der Waals surface area contributed by atoms with E-state index in [-0.39, 0.29) is 11.7 Å². The Kier molecular flexibility index (Phi) is 5.85. The second-order valence-corrected chi connectivity index (χ2v) is 6.56. The molecule has 1 aromatic heterocycles. The van der Waals surface area contributed by atoms with Crippen LogP contribution >= 0.6 is 11.8 Å². The summed E-state index contributed by atoms with van der Waals surface area (Å²) in [7, 11) is 0. The minimum absolute atomic E-state index is 0.187. The second kappa shape index (κ2) is 8.48. The van der Waals surface area contributed by atoms with Crippen molar-refractivity contribution in [3.05, 3.63) is 77.7 Å². The number of hydrogen-bond acceptors (Lipinski definition) is 3. The van der Waals surface area contributed by atoms with E-state index in [4.69, 9.17) is 0 Å². The van der Waals surface area contributed by atoms with E-state index in [9.17, 15) is 9.18 Å². The molecule has 3 aromatic rings. The largest absolute Gasteiger partial charge is 0.351 e. The number of benzene rings is 2. The monoisotopic (exact) mass is 355 g/mol. The van der Waals surface area contributed by atoms with Gasteiger partial charge in [-0.1, -0.05) is 30.3 Å². The van der Waals surface area contributed by atoms with Crippen molar-refractivity contribution in [3.63, 3.8) is 0 Å². The Labute approximate surface area is 149 Å². The zero-order valence-electron chi connectivity index (χ0n) is 13.5. The molecule has 0 aliphatic heterocycles. The van der Waals surface area contributed by atoms with Crippen LogP contribution in [0, 0.1) is 5.82 Å². The summed E-state index contributed by atoms with van der Waals surface area (Å²) < 4.78 is 13.0. The molecule has 3 rings (SSSR count). The van der Waals surface area contributed by atoms with Gasteiger partial charge in [0.15, 0.2) is 0 Å². The summed E-state index contributed by atoms with van der Waals surface area (Å²) >= 11 is 1.77. The van der Waals surface area contributed by atoms with Crippen LogP contribution in [0.5, 0.6) is 0 Å².